The molecule has 0 aliphatic carbocycles. The van der Waals surface area contributed by atoms with Gasteiger partial charge in [0, 0.05) is 22.5 Å². The van der Waals surface area contributed by atoms with E-state index >= 15 is 0 Å². The van der Waals surface area contributed by atoms with E-state index in [9.17, 15) is 14.7 Å². The molecule has 3 aromatic rings. The van der Waals surface area contributed by atoms with E-state index in [1.54, 1.807) is 0 Å². The molecule has 1 aliphatic rings. The number of halogens is 1. The van der Waals surface area contributed by atoms with Crippen molar-refractivity contribution in [1.82, 2.24) is 4.90 Å². The van der Waals surface area contributed by atoms with Crippen molar-refractivity contribution in [2.75, 3.05) is 6.54 Å². The molecular formula is C22H20ClNO4. The highest BCUT2D eigenvalue weighted by molar-refractivity contribution is 6.30. The van der Waals surface area contributed by atoms with Crippen LogP contribution in [0, 0.1) is 6.92 Å². The molecule has 28 heavy (non-hydrogen) atoms. The summed E-state index contributed by atoms with van der Waals surface area (Å²) in [5, 5.41) is 11.0. The number of carbonyl (C=O) groups excluding carboxylic acids is 1. The lowest BCUT2D eigenvalue weighted by atomic mass is 10.0. The summed E-state index contributed by atoms with van der Waals surface area (Å²) in [4.78, 5) is 26.0. The number of likely N-dealkylation sites (tertiary alicyclic amines) is 1. The van der Waals surface area contributed by atoms with E-state index in [-0.39, 0.29) is 11.7 Å². The number of amides is 1. The number of rotatable bonds is 3. The molecular weight excluding hydrogens is 378 g/mol. The molecule has 1 aromatic heterocycles. The van der Waals surface area contributed by atoms with Crippen molar-refractivity contribution >= 4 is 34.4 Å². The molecule has 1 amide bonds. The van der Waals surface area contributed by atoms with Crippen LogP contribution in [-0.4, -0.2) is 34.5 Å². The highest BCUT2D eigenvalue weighted by Crippen LogP contribution is 2.32. The van der Waals surface area contributed by atoms with Crippen LogP contribution in [0.1, 0.15) is 35.4 Å². The molecule has 1 unspecified atom stereocenters. The number of benzene rings is 2. The van der Waals surface area contributed by atoms with Gasteiger partial charge in [0.05, 0.1) is 0 Å². The second-order valence-electron chi connectivity index (χ2n) is 7.12. The first-order valence-corrected chi connectivity index (χ1v) is 9.66. The van der Waals surface area contributed by atoms with Crippen LogP contribution in [0.4, 0.5) is 0 Å². The maximum absolute atomic E-state index is 13.1. The maximum atomic E-state index is 13.1. The zero-order valence-corrected chi connectivity index (χ0v) is 16.2. The van der Waals surface area contributed by atoms with Crippen molar-refractivity contribution in [3.05, 3.63) is 58.8 Å². The summed E-state index contributed by atoms with van der Waals surface area (Å²) in [6.45, 7) is 2.27. The van der Waals surface area contributed by atoms with Crippen molar-refractivity contribution in [2.45, 2.75) is 32.2 Å². The Hall–Kier alpha value is -2.79. The number of aliphatic carboxylic acids is 1. The van der Waals surface area contributed by atoms with Gasteiger partial charge in [-0.25, -0.2) is 4.79 Å². The summed E-state index contributed by atoms with van der Waals surface area (Å²) >= 11 is 5.96. The van der Waals surface area contributed by atoms with E-state index in [1.165, 1.54) is 4.90 Å². The fourth-order valence-electron chi connectivity index (χ4n) is 3.81. The first-order valence-electron chi connectivity index (χ1n) is 9.28. The Morgan fingerprint density at radius 3 is 2.54 bits per heavy atom. The summed E-state index contributed by atoms with van der Waals surface area (Å²) < 4.78 is 5.92. The summed E-state index contributed by atoms with van der Waals surface area (Å²) in [6.07, 6.45) is 2.08. The quantitative estimate of drug-likeness (QED) is 0.664. The number of carbonyl (C=O) groups is 2. The van der Waals surface area contributed by atoms with Crippen LogP contribution < -0.4 is 0 Å². The van der Waals surface area contributed by atoms with Gasteiger partial charge in [-0.3, -0.25) is 4.79 Å². The molecule has 1 aliphatic heterocycles. The third-order valence-electron chi connectivity index (χ3n) is 5.36. The Morgan fingerprint density at radius 2 is 1.82 bits per heavy atom. The van der Waals surface area contributed by atoms with Gasteiger partial charge >= 0.3 is 5.97 Å². The first-order chi connectivity index (χ1) is 13.5. The smallest absolute Gasteiger partial charge is 0.326 e. The highest BCUT2D eigenvalue weighted by Gasteiger charge is 2.34. The normalized spacial score (nSPS) is 17.1. The van der Waals surface area contributed by atoms with Gasteiger partial charge in [0.25, 0.3) is 5.91 Å². The molecule has 1 saturated heterocycles. The lowest BCUT2D eigenvalue weighted by Crippen LogP contribution is -2.48. The predicted octanol–water partition coefficient (Wildman–Crippen LogP) is 5.14. The number of hydrogen-bond donors (Lipinski definition) is 1. The Labute approximate surface area is 167 Å². The van der Waals surface area contributed by atoms with Crippen molar-refractivity contribution < 1.29 is 19.1 Å². The molecule has 4 rings (SSSR count). The Bertz CT molecular complexity index is 1050. The summed E-state index contributed by atoms with van der Waals surface area (Å²) in [5.41, 5.74) is 3.29. The molecule has 2 aromatic carbocycles. The number of fused-ring (bicyclic) bond motifs is 1. The predicted molar refractivity (Wildman–Crippen MR) is 108 cm³/mol. The first kappa shape index (κ1) is 18.6. The van der Waals surface area contributed by atoms with Crippen LogP contribution in [0.3, 0.4) is 0 Å². The van der Waals surface area contributed by atoms with Crippen LogP contribution in [0.25, 0.3) is 22.1 Å². The molecule has 0 spiro atoms. The average molecular weight is 398 g/mol. The summed E-state index contributed by atoms with van der Waals surface area (Å²) in [7, 11) is 0. The zero-order chi connectivity index (χ0) is 19.8. The Kier molecular flexibility index (Phi) is 4.85. The molecule has 0 saturated carbocycles. The van der Waals surface area contributed by atoms with E-state index < -0.39 is 12.0 Å². The highest BCUT2D eigenvalue weighted by atomic mass is 35.5. The molecule has 144 valence electrons. The van der Waals surface area contributed by atoms with Gasteiger partial charge in [-0.1, -0.05) is 35.9 Å². The van der Waals surface area contributed by atoms with E-state index in [0.717, 1.165) is 34.9 Å². The van der Waals surface area contributed by atoms with Crippen molar-refractivity contribution in [1.29, 1.82) is 0 Å². The average Bonchev–Trinajstić information content (AvgIpc) is 3.04. The fourth-order valence-corrected chi connectivity index (χ4v) is 3.94. The molecule has 0 bridgehead atoms. The van der Waals surface area contributed by atoms with Crippen LogP contribution in [0.15, 0.2) is 46.9 Å². The number of piperidine rings is 1. The molecule has 2 heterocycles. The van der Waals surface area contributed by atoms with Crippen molar-refractivity contribution in [3.63, 3.8) is 0 Å². The minimum absolute atomic E-state index is 0.219. The van der Waals surface area contributed by atoms with Gasteiger partial charge in [-0.05, 0) is 55.5 Å². The van der Waals surface area contributed by atoms with Crippen LogP contribution in [0.5, 0.6) is 0 Å². The van der Waals surface area contributed by atoms with E-state index in [0.29, 0.717) is 23.6 Å². The van der Waals surface area contributed by atoms with Gasteiger partial charge in [0.2, 0.25) is 0 Å². The van der Waals surface area contributed by atoms with Gasteiger partial charge in [-0.2, -0.15) is 0 Å². The SMILES string of the molecule is Cc1c(C(=O)N2CCCCC2C(=O)O)oc2cc(-c3ccc(Cl)cc3)ccc12. The maximum Gasteiger partial charge on any atom is 0.326 e. The number of nitrogens with zero attached hydrogens (tertiary/aromatic N) is 1. The van der Waals surface area contributed by atoms with Crippen LogP contribution in [-0.2, 0) is 4.79 Å². The lowest BCUT2D eigenvalue weighted by Gasteiger charge is -2.32. The second kappa shape index (κ2) is 7.32. The van der Waals surface area contributed by atoms with Gasteiger partial charge in [0.15, 0.2) is 5.76 Å². The molecule has 5 nitrogen and oxygen atoms in total. The van der Waals surface area contributed by atoms with Gasteiger partial charge in [-0.15, -0.1) is 0 Å². The zero-order valence-electron chi connectivity index (χ0n) is 15.4. The third-order valence-corrected chi connectivity index (χ3v) is 5.61. The number of aryl methyl sites for hydroxylation is 1. The fraction of sp³-hybridized carbons (Fsp3) is 0.273. The van der Waals surface area contributed by atoms with E-state index in [4.69, 9.17) is 16.0 Å². The Balaban J connectivity index is 1.71. The molecule has 6 heteroatoms. The van der Waals surface area contributed by atoms with Crippen LogP contribution >= 0.6 is 11.6 Å². The summed E-state index contributed by atoms with van der Waals surface area (Å²) in [6, 6.07) is 12.5. The van der Waals surface area contributed by atoms with E-state index in [2.05, 4.69) is 0 Å². The van der Waals surface area contributed by atoms with Gasteiger partial charge < -0.3 is 14.4 Å². The number of hydrogen-bond acceptors (Lipinski definition) is 3. The van der Waals surface area contributed by atoms with Crippen molar-refractivity contribution in [2.24, 2.45) is 0 Å². The topological polar surface area (TPSA) is 70.8 Å². The van der Waals surface area contributed by atoms with E-state index in [1.807, 2.05) is 49.4 Å². The largest absolute Gasteiger partial charge is 0.480 e. The minimum atomic E-state index is -0.966. The van der Waals surface area contributed by atoms with Crippen molar-refractivity contribution in [3.8, 4) is 11.1 Å². The van der Waals surface area contributed by atoms with Crippen LogP contribution in [0.2, 0.25) is 5.02 Å². The van der Waals surface area contributed by atoms with Gasteiger partial charge in [0.1, 0.15) is 11.6 Å². The molecule has 1 atom stereocenters. The second-order valence-corrected chi connectivity index (χ2v) is 7.56. The third kappa shape index (κ3) is 3.27. The monoisotopic (exact) mass is 397 g/mol. The number of furan rings is 1. The molecule has 1 N–H and O–H groups in total. The standard InChI is InChI=1S/C22H20ClNO4/c1-13-17-10-7-15(14-5-8-16(23)9-6-14)12-19(17)28-20(13)21(25)24-11-3-2-4-18(24)22(26)27/h5-10,12,18H,2-4,11H2,1H3,(H,26,27). The minimum Gasteiger partial charge on any atom is -0.480 e. The molecule has 1 fully saturated rings. The number of carboxylic acid groups (broad SMARTS) is 1. The Morgan fingerprint density at radius 1 is 1.11 bits per heavy atom. The molecule has 0 radical (unpaired) electrons. The number of carboxylic acids is 1. The summed E-state index contributed by atoms with van der Waals surface area (Å²) in [5.74, 6) is -1.10. The lowest BCUT2D eigenvalue weighted by molar-refractivity contribution is -0.143.